The number of aromatic nitrogens is 1. The van der Waals surface area contributed by atoms with Crippen LogP contribution >= 0.6 is 0 Å². The smallest absolute Gasteiger partial charge is 0.336 e. The maximum atomic E-state index is 11.2. The van der Waals surface area contributed by atoms with E-state index in [-0.39, 0.29) is 11.7 Å². The SMILES string of the molecule is O=C(O)c1cccc2nc(OC3CCCCC3)ccc12. The third kappa shape index (κ3) is 2.59. The van der Waals surface area contributed by atoms with Gasteiger partial charge in [-0.2, -0.15) is 0 Å². The van der Waals surface area contributed by atoms with Gasteiger partial charge in [0, 0.05) is 11.5 Å². The molecule has 0 spiro atoms. The Kier molecular flexibility index (Phi) is 3.54. The molecule has 1 aromatic carbocycles. The number of ether oxygens (including phenoxy) is 1. The fourth-order valence-electron chi connectivity index (χ4n) is 2.74. The Hall–Kier alpha value is -2.10. The van der Waals surface area contributed by atoms with Crippen LogP contribution in [-0.4, -0.2) is 22.2 Å². The van der Waals surface area contributed by atoms with Gasteiger partial charge in [0.05, 0.1) is 11.1 Å². The molecule has 0 amide bonds. The number of nitrogens with zero attached hydrogens (tertiary/aromatic N) is 1. The summed E-state index contributed by atoms with van der Waals surface area (Å²) in [6.07, 6.45) is 6.11. The van der Waals surface area contributed by atoms with Crippen molar-refractivity contribution in [1.82, 2.24) is 4.98 Å². The Bertz CT molecular complexity index is 633. The van der Waals surface area contributed by atoms with Crippen molar-refractivity contribution >= 4 is 16.9 Å². The molecule has 1 aliphatic rings. The number of hydrogen-bond acceptors (Lipinski definition) is 3. The van der Waals surface area contributed by atoms with Crippen LogP contribution in [0.4, 0.5) is 0 Å². The Morgan fingerprint density at radius 2 is 1.95 bits per heavy atom. The van der Waals surface area contributed by atoms with Crippen LogP contribution in [0.5, 0.6) is 5.88 Å². The van der Waals surface area contributed by atoms with Crippen molar-refractivity contribution < 1.29 is 14.6 Å². The highest BCUT2D eigenvalue weighted by Gasteiger charge is 2.16. The Morgan fingerprint density at radius 1 is 1.15 bits per heavy atom. The van der Waals surface area contributed by atoms with E-state index < -0.39 is 5.97 Å². The normalized spacial score (nSPS) is 16.2. The number of carbonyl (C=O) groups is 1. The number of pyridine rings is 1. The lowest BCUT2D eigenvalue weighted by molar-refractivity contribution is 0.0699. The van der Waals surface area contributed by atoms with Gasteiger partial charge in [0.2, 0.25) is 5.88 Å². The van der Waals surface area contributed by atoms with Gasteiger partial charge in [0.15, 0.2) is 0 Å². The number of fused-ring (bicyclic) bond motifs is 1. The molecule has 0 unspecified atom stereocenters. The maximum absolute atomic E-state index is 11.2. The highest BCUT2D eigenvalue weighted by Crippen LogP contribution is 2.25. The quantitative estimate of drug-likeness (QED) is 0.925. The number of benzene rings is 1. The van der Waals surface area contributed by atoms with E-state index in [9.17, 15) is 4.79 Å². The fraction of sp³-hybridized carbons (Fsp3) is 0.375. The second kappa shape index (κ2) is 5.49. The largest absolute Gasteiger partial charge is 0.478 e. The first-order chi connectivity index (χ1) is 9.74. The number of rotatable bonds is 3. The zero-order chi connectivity index (χ0) is 13.9. The van der Waals surface area contributed by atoms with Gasteiger partial charge in [-0.05, 0) is 43.9 Å². The van der Waals surface area contributed by atoms with Crippen LogP contribution in [0, 0.1) is 0 Å². The summed E-state index contributed by atoms with van der Waals surface area (Å²) in [5, 5.41) is 9.80. The van der Waals surface area contributed by atoms with Crippen molar-refractivity contribution in [2.75, 3.05) is 0 Å². The molecule has 0 bridgehead atoms. The number of hydrogen-bond donors (Lipinski definition) is 1. The van der Waals surface area contributed by atoms with Gasteiger partial charge in [0.1, 0.15) is 6.10 Å². The number of carboxylic acids is 1. The Morgan fingerprint density at radius 3 is 2.70 bits per heavy atom. The van der Waals surface area contributed by atoms with Gasteiger partial charge < -0.3 is 9.84 Å². The van der Waals surface area contributed by atoms with E-state index in [2.05, 4.69) is 4.98 Å². The number of aromatic carboxylic acids is 1. The van der Waals surface area contributed by atoms with Crippen molar-refractivity contribution in [2.45, 2.75) is 38.2 Å². The molecule has 1 N–H and O–H groups in total. The van der Waals surface area contributed by atoms with Crippen LogP contribution in [-0.2, 0) is 0 Å². The molecule has 0 atom stereocenters. The topological polar surface area (TPSA) is 59.4 Å². The van der Waals surface area contributed by atoms with Crippen molar-refractivity contribution in [3.63, 3.8) is 0 Å². The Labute approximate surface area is 117 Å². The molecule has 4 heteroatoms. The Balaban J connectivity index is 1.89. The van der Waals surface area contributed by atoms with Gasteiger partial charge in [-0.15, -0.1) is 0 Å². The van der Waals surface area contributed by atoms with Crippen molar-refractivity contribution in [3.8, 4) is 5.88 Å². The summed E-state index contributed by atoms with van der Waals surface area (Å²) in [6.45, 7) is 0. The molecule has 4 nitrogen and oxygen atoms in total. The zero-order valence-corrected chi connectivity index (χ0v) is 11.2. The highest BCUT2D eigenvalue weighted by atomic mass is 16.5. The predicted octanol–water partition coefficient (Wildman–Crippen LogP) is 3.64. The lowest BCUT2D eigenvalue weighted by Crippen LogP contribution is -2.20. The van der Waals surface area contributed by atoms with E-state index in [0.717, 1.165) is 12.8 Å². The fourth-order valence-corrected chi connectivity index (χ4v) is 2.74. The first-order valence-electron chi connectivity index (χ1n) is 7.04. The maximum Gasteiger partial charge on any atom is 0.336 e. The van der Waals surface area contributed by atoms with Gasteiger partial charge in [0.25, 0.3) is 0 Å². The van der Waals surface area contributed by atoms with E-state index in [0.29, 0.717) is 16.8 Å². The summed E-state index contributed by atoms with van der Waals surface area (Å²) >= 11 is 0. The average Bonchev–Trinajstić information content (AvgIpc) is 2.47. The summed E-state index contributed by atoms with van der Waals surface area (Å²) in [5.41, 5.74) is 0.942. The second-order valence-corrected chi connectivity index (χ2v) is 5.20. The molecule has 1 saturated carbocycles. The van der Waals surface area contributed by atoms with Crippen LogP contribution in [0.3, 0.4) is 0 Å². The number of carboxylic acid groups (broad SMARTS) is 1. The third-order valence-electron chi connectivity index (χ3n) is 3.78. The molecule has 1 fully saturated rings. The molecule has 1 aromatic heterocycles. The molecule has 1 aliphatic carbocycles. The summed E-state index contributed by atoms with van der Waals surface area (Å²) in [7, 11) is 0. The molecular formula is C16H17NO3. The molecule has 20 heavy (non-hydrogen) atoms. The molecule has 0 radical (unpaired) electrons. The van der Waals surface area contributed by atoms with Crippen molar-refractivity contribution in [1.29, 1.82) is 0 Å². The van der Waals surface area contributed by atoms with Crippen molar-refractivity contribution in [2.24, 2.45) is 0 Å². The monoisotopic (exact) mass is 271 g/mol. The van der Waals surface area contributed by atoms with Crippen LogP contribution in [0.2, 0.25) is 0 Å². The highest BCUT2D eigenvalue weighted by molar-refractivity contribution is 6.02. The van der Waals surface area contributed by atoms with Crippen LogP contribution in [0.15, 0.2) is 30.3 Å². The predicted molar refractivity (Wildman–Crippen MR) is 76.2 cm³/mol. The molecular weight excluding hydrogens is 254 g/mol. The van der Waals surface area contributed by atoms with Crippen LogP contribution in [0.1, 0.15) is 42.5 Å². The summed E-state index contributed by atoms with van der Waals surface area (Å²) < 4.78 is 5.91. The van der Waals surface area contributed by atoms with Gasteiger partial charge in [-0.3, -0.25) is 0 Å². The molecule has 3 rings (SSSR count). The molecule has 2 aromatic rings. The first-order valence-corrected chi connectivity index (χ1v) is 7.04. The van der Waals surface area contributed by atoms with E-state index in [4.69, 9.17) is 9.84 Å². The van der Waals surface area contributed by atoms with Gasteiger partial charge >= 0.3 is 5.97 Å². The van der Waals surface area contributed by atoms with Crippen molar-refractivity contribution in [3.05, 3.63) is 35.9 Å². The summed E-state index contributed by atoms with van der Waals surface area (Å²) in [4.78, 5) is 15.6. The van der Waals surface area contributed by atoms with Gasteiger partial charge in [-0.25, -0.2) is 9.78 Å². The molecule has 0 aliphatic heterocycles. The standard InChI is InChI=1S/C16H17NO3/c18-16(19)13-7-4-8-14-12(13)9-10-15(17-14)20-11-5-2-1-3-6-11/h4,7-11H,1-3,5-6H2,(H,18,19). The molecule has 0 saturated heterocycles. The second-order valence-electron chi connectivity index (χ2n) is 5.20. The average molecular weight is 271 g/mol. The zero-order valence-electron chi connectivity index (χ0n) is 11.2. The minimum absolute atomic E-state index is 0.247. The third-order valence-corrected chi connectivity index (χ3v) is 3.78. The lowest BCUT2D eigenvalue weighted by atomic mass is 9.98. The van der Waals surface area contributed by atoms with Gasteiger partial charge in [-0.1, -0.05) is 12.5 Å². The lowest BCUT2D eigenvalue weighted by Gasteiger charge is -2.22. The van der Waals surface area contributed by atoms with E-state index in [1.165, 1.54) is 19.3 Å². The van der Waals surface area contributed by atoms with Crippen LogP contribution < -0.4 is 4.74 Å². The molecule has 1 heterocycles. The van der Waals surface area contributed by atoms with E-state index in [1.54, 1.807) is 24.3 Å². The summed E-state index contributed by atoms with van der Waals surface area (Å²) in [6, 6.07) is 8.67. The van der Waals surface area contributed by atoms with E-state index >= 15 is 0 Å². The summed E-state index contributed by atoms with van der Waals surface area (Å²) in [5.74, 6) is -0.342. The van der Waals surface area contributed by atoms with E-state index in [1.807, 2.05) is 6.07 Å². The minimum atomic E-state index is -0.932. The molecule has 104 valence electrons. The minimum Gasteiger partial charge on any atom is -0.478 e. The van der Waals surface area contributed by atoms with Crippen LogP contribution in [0.25, 0.3) is 10.9 Å². The first kappa shape index (κ1) is 12.9.